The Morgan fingerprint density at radius 3 is 2.79 bits per heavy atom. The van der Waals surface area contributed by atoms with Crippen molar-refractivity contribution >= 4 is 57.0 Å². The van der Waals surface area contributed by atoms with E-state index in [0.29, 0.717) is 26.5 Å². The van der Waals surface area contributed by atoms with Crippen LogP contribution in [-0.4, -0.2) is 47.5 Å². The molecule has 1 N–H and O–H groups in total. The van der Waals surface area contributed by atoms with Gasteiger partial charge in [-0.05, 0) is 46.7 Å². The van der Waals surface area contributed by atoms with Gasteiger partial charge in [0.25, 0.3) is 11.8 Å². The van der Waals surface area contributed by atoms with Crippen LogP contribution in [0.3, 0.4) is 0 Å². The summed E-state index contributed by atoms with van der Waals surface area (Å²) in [7, 11) is 0. The Morgan fingerprint density at radius 2 is 1.91 bits per heavy atom. The smallest absolute Gasteiger partial charge is 0.266 e. The van der Waals surface area contributed by atoms with Gasteiger partial charge in [0.1, 0.15) is 10.1 Å². The lowest BCUT2D eigenvalue weighted by molar-refractivity contribution is -0.124. The normalized spacial score (nSPS) is 15.9. The highest BCUT2D eigenvalue weighted by atomic mass is 32.2. The molecule has 34 heavy (non-hydrogen) atoms. The molecule has 2 heterocycles. The molecule has 0 bridgehead atoms. The number of carbonyl (C=O) groups is 2. The molecule has 0 radical (unpaired) electrons. The fourth-order valence-electron chi connectivity index (χ4n) is 3.61. The molecule has 0 aliphatic carbocycles. The van der Waals surface area contributed by atoms with Gasteiger partial charge < -0.3 is 19.5 Å². The van der Waals surface area contributed by atoms with Gasteiger partial charge in [0, 0.05) is 13.1 Å². The van der Waals surface area contributed by atoms with E-state index in [2.05, 4.69) is 5.32 Å². The Morgan fingerprint density at radius 1 is 1.09 bits per heavy atom. The van der Waals surface area contributed by atoms with E-state index >= 15 is 0 Å². The predicted molar refractivity (Wildman–Crippen MR) is 135 cm³/mol. The molecule has 2 amide bonds. The van der Waals surface area contributed by atoms with Gasteiger partial charge in [-0.3, -0.25) is 14.5 Å². The van der Waals surface area contributed by atoms with Crippen molar-refractivity contribution in [2.75, 3.05) is 26.5 Å². The van der Waals surface area contributed by atoms with Gasteiger partial charge in [-0.15, -0.1) is 0 Å². The van der Waals surface area contributed by atoms with Crippen LogP contribution in [0.1, 0.15) is 5.56 Å². The lowest BCUT2D eigenvalue weighted by Gasteiger charge is -2.15. The van der Waals surface area contributed by atoms with Crippen LogP contribution in [0.25, 0.3) is 16.8 Å². The monoisotopic (exact) mass is 492 g/mol. The predicted octanol–water partition coefficient (Wildman–Crippen LogP) is 3.96. The number of nitrogens with one attached hydrogen (secondary N) is 1. The third-order valence-electron chi connectivity index (χ3n) is 5.32. The van der Waals surface area contributed by atoms with Crippen molar-refractivity contribution in [3.8, 4) is 17.2 Å². The van der Waals surface area contributed by atoms with E-state index in [4.69, 9.17) is 26.4 Å². The summed E-state index contributed by atoms with van der Waals surface area (Å²) in [5.74, 6) is 1.51. The maximum absolute atomic E-state index is 12.8. The van der Waals surface area contributed by atoms with Crippen LogP contribution in [0.15, 0.2) is 65.6 Å². The molecule has 3 aromatic carbocycles. The first kappa shape index (κ1) is 22.2. The van der Waals surface area contributed by atoms with Crippen molar-refractivity contribution in [1.82, 2.24) is 10.2 Å². The maximum Gasteiger partial charge on any atom is 0.266 e. The molecule has 0 spiro atoms. The summed E-state index contributed by atoms with van der Waals surface area (Å²) in [6.45, 7) is 0.634. The zero-order chi connectivity index (χ0) is 23.5. The van der Waals surface area contributed by atoms with Crippen molar-refractivity contribution < 1.29 is 23.8 Å². The standard InChI is InChI=1S/C25H20N2O5S2/c28-23(14-30-19-7-6-17-3-1-2-4-18(17)13-19)26-9-10-27-24(29)22(34-25(27)33)12-16-5-8-20-21(11-16)32-15-31-20/h1-8,11-13H,9-10,14-15H2,(H,26,28)/b22-12+. The molecule has 5 rings (SSSR count). The Kier molecular flexibility index (Phi) is 6.37. The van der Waals surface area contributed by atoms with Gasteiger partial charge in [0.2, 0.25) is 6.79 Å². The number of thiocarbonyl (C=S) groups is 1. The zero-order valence-corrected chi connectivity index (χ0v) is 19.6. The summed E-state index contributed by atoms with van der Waals surface area (Å²) in [4.78, 5) is 27.0. The van der Waals surface area contributed by atoms with E-state index in [-0.39, 0.29) is 38.3 Å². The third kappa shape index (κ3) is 4.85. The van der Waals surface area contributed by atoms with Crippen molar-refractivity contribution in [3.63, 3.8) is 0 Å². The first-order valence-electron chi connectivity index (χ1n) is 10.6. The summed E-state index contributed by atoms with van der Waals surface area (Å²) >= 11 is 6.60. The Bertz CT molecular complexity index is 1320. The van der Waals surface area contributed by atoms with Crippen LogP contribution in [0.4, 0.5) is 0 Å². The summed E-state index contributed by atoms with van der Waals surface area (Å²) in [6, 6.07) is 19.1. The quantitative estimate of drug-likeness (QED) is 0.395. The minimum atomic E-state index is -0.269. The number of ether oxygens (including phenoxy) is 3. The number of nitrogens with zero attached hydrogens (tertiary/aromatic N) is 1. The van der Waals surface area contributed by atoms with Crippen LogP contribution in [0.5, 0.6) is 17.2 Å². The van der Waals surface area contributed by atoms with Crippen molar-refractivity contribution in [2.24, 2.45) is 0 Å². The van der Waals surface area contributed by atoms with Crippen molar-refractivity contribution in [1.29, 1.82) is 0 Å². The molecule has 2 aliphatic heterocycles. The molecule has 9 heteroatoms. The molecule has 1 saturated heterocycles. The maximum atomic E-state index is 12.8. The first-order valence-corrected chi connectivity index (χ1v) is 11.8. The van der Waals surface area contributed by atoms with Gasteiger partial charge in [0.05, 0.1) is 4.91 Å². The average Bonchev–Trinajstić information content (AvgIpc) is 3.42. The minimum absolute atomic E-state index is 0.110. The molecule has 1 fully saturated rings. The highest BCUT2D eigenvalue weighted by molar-refractivity contribution is 8.26. The summed E-state index contributed by atoms with van der Waals surface area (Å²) < 4.78 is 16.8. The highest BCUT2D eigenvalue weighted by Gasteiger charge is 2.31. The SMILES string of the molecule is O=C(COc1ccc2ccccc2c1)NCCN1C(=O)/C(=C\c2ccc3c(c2)OCO3)SC1=S. The number of fused-ring (bicyclic) bond motifs is 2. The number of rotatable bonds is 7. The summed E-state index contributed by atoms with van der Waals surface area (Å²) in [6.07, 6.45) is 1.78. The van der Waals surface area contributed by atoms with Crippen molar-refractivity contribution in [2.45, 2.75) is 0 Å². The van der Waals surface area contributed by atoms with E-state index in [9.17, 15) is 9.59 Å². The highest BCUT2D eigenvalue weighted by Crippen LogP contribution is 2.36. The van der Waals surface area contributed by atoms with E-state index in [0.717, 1.165) is 16.3 Å². The topological polar surface area (TPSA) is 77.1 Å². The minimum Gasteiger partial charge on any atom is -0.484 e. The second kappa shape index (κ2) is 9.74. The number of thioether (sulfide) groups is 1. The number of hydrogen-bond donors (Lipinski definition) is 1. The van der Waals surface area contributed by atoms with E-state index in [1.807, 2.05) is 60.7 Å². The fourth-order valence-corrected chi connectivity index (χ4v) is 4.92. The molecule has 0 aromatic heterocycles. The number of hydrogen-bond acceptors (Lipinski definition) is 7. The van der Waals surface area contributed by atoms with Gasteiger partial charge in [-0.2, -0.15) is 0 Å². The van der Waals surface area contributed by atoms with Crippen LogP contribution in [0, 0.1) is 0 Å². The van der Waals surface area contributed by atoms with Crippen LogP contribution in [-0.2, 0) is 9.59 Å². The number of benzene rings is 3. The van der Waals surface area contributed by atoms with Gasteiger partial charge in [0.15, 0.2) is 18.1 Å². The van der Waals surface area contributed by atoms with E-state index in [1.54, 1.807) is 6.08 Å². The molecule has 172 valence electrons. The van der Waals surface area contributed by atoms with Crippen molar-refractivity contribution in [3.05, 3.63) is 71.1 Å². The molecule has 2 aliphatic rings. The Hall–Kier alpha value is -3.56. The van der Waals surface area contributed by atoms with Gasteiger partial charge in [-0.1, -0.05) is 60.4 Å². The van der Waals surface area contributed by atoms with E-state index < -0.39 is 0 Å². The van der Waals surface area contributed by atoms with Gasteiger partial charge in [-0.25, -0.2) is 0 Å². The molecule has 0 unspecified atom stereocenters. The largest absolute Gasteiger partial charge is 0.484 e. The summed E-state index contributed by atoms with van der Waals surface area (Å²) in [5, 5.41) is 4.93. The molecular weight excluding hydrogens is 472 g/mol. The van der Waals surface area contributed by atoms with Crippen LogP contribution >= 0.6 is 24.0 Å². The average molecular weight is 493 g/mol. The van der Waals surface area contributed by atoms with Crippen LogP contribution in [0.2, 0.25) is 0 Å². The fraction of sp³-hybridized carbons (Fsp3) is 0.160. The molecule has 0 saturated carbocycles. The molecule has 0 atom stereocenters. The second-order valence-corrected chi connectivity index (χ2v) is 9.27. The van der Waals surface area contributed by atoms with E-state index in [1.165, 1.54) is 16.7 Å². The lowest BCUT2D eigenvalue weighted by Crippen LogP contribution is -2.38. The van der Waals surface area contributed by atoms with Gasteiger partial charge >= 0.3 is 0 Å². The molecule has 7 nitrogen and oxygen atoms in total. The molecule has 3 aromatic rings. The Balaban J connectivity index is 1.11. The number of carbonyl (C=O) groups excluding carboxylic acids is 2. The van der Waals surface area contributed by atoms with Crippen LogP contribution < -0.4 is 19.5 Å². The zero-order valence-electron chi connectivity index (χ0n) is 18.0. The lowest BCUT2D eigenvalue weighted by atomic mass is 10.1. The molecular formula is C25H20N2O5S2. The number of amides is 2. The second-order valence-electron chi connectivity index (χ2n) is 7.59. The summed E-state index contributed by atoms with van der Waals surface area (Å²) in [5.41, 5.74) is 0.823. The first-order chi connectivity index (χ1) is 16.6. The third-order valence-corrected chi connectivity index (χ3v) is 6.69. The Labute approximate surface area is 205 Å².